The van der Waals surface area contributed by atoms with Gasteiger partial charge >= 0.3 is 21.1 Å². The third kappa shape index (κ3) is 4.19. The van der Waals surface area contributed by atoms with Gasteiger partial charge in [-0.25, -0.2) is 4.98 Å². The number of thiophene rings is 1. The predicted octanol–water partition coefficient (Wildman–Crippen LogP) is 10.9. The fourth-order valence-electron chi connectivity index (χ4n) is 7.29. The number of rotatable bonds is 3. The maximum Gasteiger partial charge on any atom is 2.00 e. The van der Waals surface area contributed by atoms with Crippen LogP contribution in [0.1, 0.15) is 25.0 Å². The van der Waals surface area contributed by atoms with E-state index in [9.17, 15) is 0 Å². The summed E-state index contributed by atoms with van der Waals surface area (Å²) in [6.45, 7) is 4.59. The molecule has 4 aromatic heterocycles. The Morgan fingerprint density at radius 2 is 1.52 bits per heavy atom. The van der Waals surface area contributed by atoms with Crippen LogP contribution in [0.3, 0.4) is 0 Å². The number of hydrogen-bond donors (Lipinski definition) is 0. The van der Waals surface area contributed by atoms with Gasteiger partial charge in [-0.15, -0.1) is 41.7 Å². The van der Waals surface area contributed by atoms with Crippen molar-refractivity contribution in [3.63, 3.8) is 0 Å². The number of ether oxygens (including phenoxy) is 1. The molecule has 48 heavy (non-hydrogen) atoms. The first kappa shape index (κ1) is 29.1. The number of aromatic nitrogens is 3. The predicted molar refractivity (Wildman–Crippen MR) is 192 cm³/mol. The molecule has 1 aliphatic heterocycles. The third-order valence-corrected chi connectivity index (χ3v) is 10.7. The average molecular weight is 818 g/mol. The molecule has 5 heterocycles. The van der Waals surface area contributed by atoms with Crippen LogP contribution in [0.5, 0.6) is 11.5 Å². The quantitative estimate of drug-likeness (QED) is 0.132. The fourth-order valence-corrected chi connectivity index (χ4v) is 8.41. The van der Waals surface area contributed by atoms with Crippen molar-refractivity contribution < 1.29 is 25.8 Å². The van der Waals surface area contributed by atoms with Gasteiger partial charge in [0, 0.05) is 66.8 Å². The Kier molecular flexibility index (Phi) is 6.52. The minimum absolute atomic E-state index is 0. The van der Waals surface area contributed by atoms with Crippen molar-refractivity contribution >= 4 is 76.0 Å². The third-order valence-electron chi connectivity index (χ3n) is 9.53. The number of hydrogen-bond acceptors (Lipinski definition) is 5. The first-order valence-electron chi connectivity index (χ1n) is 15.7. The van der Waals surface area contributed by atoms with Crippen LogP contribution >= 0.6 is 11.3 Å². The smallest absolute Gasteiger partial charge is 0.503 e. The van der Waals surface area contributed by atoms with Gasteiger partial charge in [0.25, 0.3) is 0 Å². The van der Waals surface area contributed by atoms with Crippen LogP contribution in [0.2, 0.25) is 0 Å². The van der Waals surface area contributed by atoms with Gasteiger partial charge in [0.15, 0.2) is 0 Å². The van der Waals surface area contributed by atoms with Gasteiger partial charge in [-0.05, 0) is 41.3 Å². The molecule has 232 valence electrons. The molecule has 0 saturated carbocycles. The number of pyridine rings is 2. The fraction of sp³-hybridized carbons (Fsp3) is 0.0732. The Labute approximate surface area is 295 Å². The Hall–Kier alpha value is -5.03. The summed E-state index contributed by atoms with van der Waals surface area (Å²) in [4.78, 5) is 11.8. The van der Waals surface area contributed by atoms with Crippen LogP contribution in [0.25, 0.3) is 47.5 Å². The van der Waals surface area contributed by atoms with Crippen LogP contribution < -0.4 is 9.64 Å². The molecule has 0 saturated heterocycles. The minimum atomic E-state index is -0.247. The number of para-hydroxylation sites is 1. The molecule has 9 aromatic rings. The summed E-state index contributed by atoms with van der Waals surface area (Å²) in [6, 6.07) is 43.2. The zero-order valence-electron chi connectivity index (χ0n) is 26.0. The molecule has 0 amide bonds. The molecule has 0 aliphatic carbocycles. The Morgan fingerprint density at radius 3 is 2.44 bits per heavy atom. The summed E-state index contributed by atoms with van der Waals surface area (Å²) in [5.41, 5.74) is 6.12. The maximum absolute atomic E-state index is 6.49. The first-order chi connectivity index (χ1) is 23.0. The van der Waals surface area contributed by atoms with E-state index < -0.39 is 0 Å². The maximum atomic E-state index is 6.49. The van der Waals surface area contributed by atoms with Crippen molar-refractivity contribution in [1.29, 1.82) is 0 Å². The molecule has 10 rings (SSSR count). The zero-order chi connectivity index (χ0) is 31.3. The van der Waals surface area contributed by atoms with Gasteiger partial charge in [-0.3, -0.25) is 4.98 Å². The summed E-state index contributed by atoms with van der Waals surface area (Å²) in [5, 5.41) is 5.74. The van der Waals surface area contributed by atoms with Crippen molar-refractivity contribution in [3.05, 3.63) is 145 Å². The number of benzene rings is 5. The summed E-state index contributed by atoms with van der Waals surface area (Å²) in [5.74, 6) is 2.12. The average Bonchev–Trinajstić information content (AvgIpc) is 3.74. The van der Waals surface area contributed by atoms with Gasteiger partial charge in [-0.1, -0.05) is 78.8 Å². The van der Waals surface area contributed by atoms with Crippen molar-refractivity contribution in [3.8, 4) is 11.5 Å². The van der Waals surface area contributed by atoms with Crippen LogP contribution in [-0.2, 0) is 26.5 Å². The van der Waals surface area contributed by atoms with E-state index >= 15 is 0 Å². The van der Waals surface area contributed by atoms with E-state index in [0.29, 0.717) is 11.5 Å². The molecule has 0 atom stereocenters. The van der Waals surface area contributed by atoms with Gasteiger partial charge < -0.3 is 14.0 Å². The second kappa shape index (κ2) is 10.7. The summed E-state index contributed by atoms with van der Waals surface area (Å²) >= 11 is 1.83. The number of nitrogens with zero attached hydrogens (tertiary/aromatic N) is 4. The molecular weight excluding hydrogens is 792 g/mol. The number of imidazole rings is 1. The van der Waals surface area contributed by atoms with Gasteiger partial charge in [0.1, 0.15) is 5.82 Å². The van der Waals surface area contributed by atoms with Crippen molar-refractivity contribution in [2.45, 2.75) is 19.3 Å². The molecule has 7 heteroatoms. The van der Waals surface area contributed by atoms with Gasteiger partial charge in [0.2, 0.25) is 0 Å². The van der Waals surface area contributed by atoms with Crippen LogP contribution in [0.15, 0.2) is 122 Å². The molecule has 1 aliphatic rings. The molecule has 0 bridgehead atoms. The molecule has 0 spiro atoms. The monoisotopic (exact) mass is 817 g/mol. The van der Waals surface area contributed by atoms with E-state index in [1.807, 2.05) is 54.2 Å². The van der Waals surface area contributed by atoms with Crippen LogP contribution in [-0.4, -0.2) is 14.4 Å². The number of fused-ring (bicyclic) bond motifs is 11. The van der Waals surface area contributed by atoms with Crippen molar-refractivity contribution in [2.24, 2.45) is 0 Å². The van der Waals surface area contributed by atoms with Crippen molar-refractivity contribution in [1.82, 2.24) is 14.4 Å². The first-order valence-corrected chi connectivity index (χ1v) is 16.5. The molecule has 5 aromatic carbocycles. The van der Waals surface area contributed by atoms with Crippen molar-refractivity contribution in [2.75, 3.05) is 4.90 Å². The van der Waals surface area contributed by atoms with E-state index in [1.165, 1.54) is 31.3 Å². The largest absolute Gasteiger partial charge is 2.00 e. The zero-order valence-corrected chi connectivity index (χ0v) is 29.1. The topological polar surface area (TPSA) is 42.7 Å². The van der Waals surface area contributed by atoms with Crippen LogP contribution in [0.4, 0.5) is 17.2 Å². The SMILES string of the molecule is CC1(C)c2cc3c(cc2N(c2[c-]c(Oc4[c-]c5c(cc4)c4ccccc4n4ccnc54)ccc2)c2ncccc21)sc1ccccc13.[Pt+2]. The Bertz CT molecular complexity index is 2730. The van der Waals surface area contributed by atoms with E-state index in [4.69, 9.17) is 9.72 Å². The molecule has 0 fully saturated rings. The van der Waals surface area contributed by atoms with E-state index in [0.717, 1.165) is 44.5 Å². The standard InChI is InChI=1S/C41H26N4OS.Pt/c1-41(2)33-13-8-18-42-40(33)45(36-24-38-31(23-34(36)41)30-12-4-6-15-37(30)47-38)25-9-7-10-26(21-25)46-27-16-17-28-29-11-3-5-14-35(29)44-20-19-43-39(44)32(28)22-27;/h3-20,23-24H,1-2H3;/q-2;+2. The summed E-state index contributed by atoms with van der Waals surface area (Å²) in [7, 11) is 0. The molecule has 0 unspecified atom stereocenters. The Morgan fingerprint density at radius 1 is 0.688 bits per heavy atom. The number of anilines is 3. The second-order valence-corrected chi connectivity index (χ2v) is 13.6. The van der Waals surface area contributed by atoms with E-state index in [-0.39, 0.29) is 26.5 Å². The van der Waals surface area contributed by atoms with E-state index in [2.05, 4.69) is 119 Å². The summed E-state index contributed by atoms with van der Waals surface area (Å²) < 4.78 is 11.1. The molecule has 0 N–H and O–H groups in total. The molecule has 5 nitrogen and oxygen atoms in total. The van der Waals surface area contributed by atoms with E-state index in [1.54, 1.807) is 0 Å². The normalized spacial score (nSPS) is 13.6. The molecular formula is C41H26N4OPtS. The minimum Gasteiger partial charge on any atom is -0.503 e. The van der Waals surface area contributed by atoms with Gasteiger partial charge in [0.05, 0.1) is 11.3 Å². The summed E-state index contributed by atoms with van der Waals surface area (Å²) in [6.07, 6.45) is 5.69. The van der Waals surface area contributed by atoms with Gasteiger partial charge in [-0.2, -0.15) is 6.07 Å². The molecule has 0 radical (unpaired) electrons. The Balaban J connectivity index is 0.00000314. The van der Waals surface area contributed by atoms with Crippen LogP contribution in [0, 0.1) is 12.1 Å². The second-order valence-electron chi connectivity index (χ2n) is 12.6.